The number of rotatable bonds is 2. The van der Waals surface area contributed by atoms with Crippen LogP contribution in [-0.4, -0.2) is 54.5 Å². The van der Waals surface area contributed by atoms with Crippen molar-refractivity contribution in [3.05, 3.63) is 0 Å². The number of nitrogens with two attached hydrogens (primary N) is 1. The van der Waals surface area contributed by atoms with Crippen molar-refractivity contribution in [1.29, 1.82) is 0 Å². The summed E-state index contributed by atoms with van der Waals surface area (Å²) < 4.78 is 0. The second-order valence-electron chi connectivity index (χ2n) is 4.13. The van der Waals surface area contributed by atoms with Crippen LogP contribution in [0.15, 0.2) is 0 Å². The number of hydrazine groups is 1. The van der Waals surface area contributed by atoms with Gasteiger partial charge in [-0.1, -0.05) is 0 Å². The summed E-state index contributed by atoms with van der Waals surface area (Å²) in [6.07, 6.45) is 2.59. The first-order valence-corrected chi connectivity index (χ1v) is 5.25. The normalized spacial score (nSPS) is 28.8. The van der Waals surface area contributed by atoms with Gasteiger partial charge in [-0.3, -0.25) is 20.0 Å². The average Bonchev–Trinajstić information content (AvgIpc) is 2.64. The number of nitrogens with one attached hydrogen (secondary N) is 1. The molecule has 3 N–H and O–H groups in total. The van der Waals surface area contributed by atoms with Crippen LogP contribution in [-0.2, 0) is 4.79 Å². The van der Waals surface area contributed by atoms with E-state index in [0.717, 1.165) is 19.6 Å². The molecule has 5 nitrogen and oxygen atoms in total. The summed E-state index contributed by atoms with van der Waals surface area (Å²) in [6, 6.07) is 0.675. The Morgan fingerprint density at radius 2 is 2.29 bits per heavy atom. The summed E-state index contributed by atoms with van der Waals surface area (Å²) >= 11 is 0. The molecule has 80 valence electrons. The molecule has 0 aliphatic carbocycles. The van der Waals surface area contributed by atoms with Gasteiger partial charge in [0.25, 0.3) is 0 Å². The summed E-state index contributed by atoms with van der Waals surface area (Å²) in [5.41, 5.74) is 2.18. The summed E-state index contributed by atoms with van der Waals surface area (Å²) in [7, 11) is 0. The largest absolute Gasteiger partial charge is 0.298 e. The van der Waals surface area contributed by atoms with E-state index < -0.39 is 0 Å². The molecular weight excluding hydrogens is 180 g/mol. The highest BCUT2D eigenvalue weighted by molar-refractivity contribution is 5.77. The quantitative estimate of drug-likeness (QED) is 0.331. The van der Waals surface area contributed by atoms with Crippen molar-refractivity contribution in [2.45, 2.75) is 18.9 Å². The molecule has 0 aromatic carbocycles. The Hall–Kier alpha value is -0.650. The maximum atomic E-state index is 11.1. The highest BCUT2D eigenvalue weighted by Crippen LogP contribution is 2.20. The molecule has 2 saturated heterocycles. The SMILES string of the molecule is NNC(=O)CN1CCN2CCCC2C1. The van der Waals surface area contributed by atoms with Crippen molar-refractivity contribution >= 4 is 5.91 Å². The first kappa shape index (κ1) is 9.89. The Labute approximate surface area is 84.2 Å². The summed E-state index contributed by atoms with van der Waals surface area (Å²) in [6.45, 7) is 4.79. The van der Waals surface area contributed by atoms with Crippen LogP contribution in [0.3, 0.4) is 0 Å². The average molecular weight is 198 g/mol. The minimum Gasteiger partial charge on any atom is -0.298 e. The van der Waals surface area contributed by atoms with Gasteiger partial charge in [0, 0.05) is 25.7 Å². The molecule has 0 spiro atoms. The number of carbonyl (C=O) groups is 1. The Morgan fingerprint density at radius 3 is 3.07 bits per heavy atom. The third-order valence-corrected chi connectivity index (χ3v) is 3.20. The maximum absolute atomic E-state index is 11.1. The van der Waals surface area contributed by atoms with Gasteiger partial charge in [0.2, 0.25) is 5.91 Å². The number of fused-ring (bicyclic) bond motifs is 1. The van der Waals surface area contributed by atoms with Crippen molar-refractivity contribution in [2.75, 3.05) is 32.7 Å². The van der Waals surface area contributed by atoms with Gasteiger partial charge in [-0.15, -0.1) is 0 Å². The molecule has 5 heteroatoms. The monoisotopic (exact) mass is 198 g/mol. The molecular formula is C9H18N4O. The minimum absolute atomic E-state index is 0.0866. The lowest BCUT2D eigenvalue weighted by Crippen LogP contribution is -2.53. The van der Waals surface area contributed by atoms with Crippen LogP contribution in [0.4, 0.5) is 0 Å². The lowest BCUT2D eigenvalue weighted by atomic mass is 10.1. The van der Waals surface area contributed by atoms with Crippen molar-refractivity contribution in [2.24, 2.45) is 5.84 Å². The fraction of sp³-hybridized carbons (Fsp3) is 0.889. The van der Waals surface area contributed by atoms with E-state index in [1.54, 1.807) is 0 Å². The fourth-order valence-corrected chi connectivity index (χ4v) is 2.45. The maximum Gasteiger partial charge on any atom is 0.248 e. The Bertz CT molecular complexity index is 221. The predicted octanol–water partition coefficient (Wildman–Crippen LogP) is -1.24. The van der Waals surface area contributed by atoms with E-state index in [1.165, 1.54) is 19.4 Å². The van der Waals surface area contributed by atoms with E-state index in [2.05, 4.69) is 15.2 Å². The highest BCUT2D eigenvalue weighted by Gasteiger charge is 2.30. The molecule has 2 heterocycles. The number of nitrogens with zero attached hydrogens (tertiary/aromatic N) is 2. The predicted molar refractivity (Wildman–Crippen MR) is 53.4 cm³/mol. The number of hydrogen-bond acceptors (Lipinski definition) is 4. The van der Waals surface area contributed by atoms with Gasteiger partial charge in [0.05, 0.1) is 6.54 Å². The number of carbonyl (C=O) groups excluding carboxylic acids is 1. The fourth-order valence-electron chi connectivity index (χ4n) is 2.45. The Kier molecular flexibility index (Phi) is 3.00. The number of hydrogen-bond donors (Lipinski definition) is 2. The minimum atomic E-state index is -0.0866. The summed E-state index contributed by atoms with van der Waals surface area (Å²) in [4.78, 5) is 15.8. The van der Waals surface area contributed by atoms with Crippen LogP contribution in [0, 0.1) is 0 Å². The second kappa shape index (κ2) is 4.25. The first-order chi connectivity index (χ1) is 6.79. The second-order valence-corrected chi connectivity index (χ2v) is 4.13. The van der Waals surface area contributed by atoms with Crippen LogP contribution in [0.2, 0.25) is 0 Å². The molecule has 1 atom stereocenters. The van der Waals surface area contributed by atoms with Gasteiger partial charge in [-0.2, -0.15) is 0 Å². The molecule has 0 radical (unpaired) electrons. The smallest absolute Gasteiger partial charge is 0.248 e. The lowest BCUT2D eigenvalue weighted by Gasteiger charge is -2.36. The van der Waals surface area contributed by atoms with Gasteiger partial charge in [0.15, 0.2) is 0 Å². The van der Waals surface area contributed by atoms with E-state index >= 15 is 0 Å². The van der Waals surface area contributed by atoms with Gasteiger partial charge in [-0.05, 0) is 19.4 Å². The zero-order chi connectivity index (χ0) is 9.97. The van der Waals surface area contributed by atoms with Gasteiger partial charge < -0.3 is 0 Å². The van der Waals surface area contributed by atoms with Crippen molar-refractivity contribution in [1.82, 2.24) is 15.2 Å². The molecule has 2 aliphatic heterocycles. The van der Waals surface area contributed by atoms with Gasteiger partial charge in [-0.25, -0.2) is 5.84 Å². The number of amides is 1. The van der Waals surface area contributed by atoms with Crippen LogP contribution in [0.25, 0.3) is 0 Å². The molecule has 1 unspecified atom stereocenters. The van der Waals surface area contributed by atoms with E-state index in [-0.39, 0.29) is 5.91 Å². The standard InChI is InChI=1S/C9H18N4O/c10-11-9(14)7-12-4-5-13-3-1-2-8(13)6-12/h8H,1-7,10H2,(H,11,14). The van der Waals surface area contributed by atoms with Crippen molar-refractivity contribution < 1.29 is 4.79 Å². The van der Waals surface area contributed by atoms with Crippen LogP contribution in [0.5, 0.6) is 0 Å². The van der Waals surface area contributed by atoms with E-state index in [9.17, 15) is 4.79 Å². The van der Waals surface area contributed by atoms with E-state index in [1.807, 2.05) is 0 Å². The van der Waals surface area contributed by atoms with Crippen molar-refractivity contribution in [3.8, 4) is 0 Å². The van der Waals surface area contributed by atoms with Crippen LogP contribution >= 0.6 is 0 Å². The molecule has 14 heavy (non-hydrogen) atoms. The molecule has 0 bridgehead atoms. The molecule has 0 aromatic rings. The van der Waals surface area contributed by atoms with Crippen LogP contribution in [0.1, 0.15) is 12.8 Å². The lowest BCUT2D eigenvalue weighted by molar-refractivity contribution is -0.122. The topological polar surface area (TPSA) is 61.6 Å². The number of piperazine rings is 1. The van der Waals surface area contributed by atoms with Gasteiger partial charge >= 0.3 is 0 Å². The highest BCUT2D eigenvalue weighted by atomic mass is 16.2. The molecule has 0 aromatic heterocycles. The zero-order valence-corrected chi connectivity index (χ0v) is 8.41. The molecule has 2 rings (SSSR count). The summed E-state index contributed by atoms with van der Waals surface area (Å²) in [5, 5.41) is 0. The van der Waals surface area contributed by atoms with Crippen molar-refractivity contribution in [3.63, 3.8) is 0 Å². The first-order valence-electron chi connectivity index (χ1n) is 5.25. The Balaban J connectivity index is 1.82. The third kappa shape index (κ3) is 2.05. The Morgan fingerprint density at radius 1 is 1.43 bits per heavy atom. The van der Waals surface area contributed by atoms with Gasteiger partial charge in [0.1, 0.15) is 0 Å². The van der Waals surface area contributed by atoms with E-state index in [4.69, 9.17) is 5.84 Å². The molecule has 1 amide bonds. The van der Waals surface area contributed by atoms with E-state index in [0.29, 0.717) is 12.6 Å². The molecule has 0 saturated carbocycles. The molecule has 2 aliphatic rings. The third-order valence-electron chi connectivity index (χ3n) is 3.20. The molecule has 2 fully saturated rings. The summed E-state index contributed by atoms with van der Waals surface area (Å²) in [5.74, 6) is 4.97. The zero-order valence-electron chi connectivity index (χ0n) is 8.41. The van der Waals surface area contributed by atoms with Crippen LogP contribution < -0.4 is 11.3 Å².